The lowest BCUT2D eigenvalue weighted by Crippen LogP contribution is -2.48. The molecule has 3 rings (SSSR count). The fourth-order valence-corrected chi connectivity index (χ4v) is 3.07. The van der Waals surface area contributed by atoms with E-state index in [1.165, 1.54) is 26.0 Å². The number of aliphatic hydroxyl groups is 1. The molecular weight excluding hydrogens is 437 g/mol. The van der Waals surface area contributed by atoms with Crippen LogP contribution in [0.1, 0.15) is 46.2 Å². The molecule has 0 radical (unpaired) electrons. The number of amidine groups is 1. The third-order valence-corrected chi connectivity index (χ3v) is 5.24. The van der Waals surface area contributed by atoms with E-state index in [-0.39, 0.29) is 30.0 Å². The topological polar surface area (TPSA) is 67.8 Å². The maximum Gasteiger partial charge on any atom is 0.301 e. The van der Waals surface area contributed by atoms with E-state index in [2.05, 4.69) is 17.6 Å². The summed E-state index contributed by atoms with van der Waals surface area (Å²) < 4.78 is 49.9. The van der Waals surface area contributed by atoms with E-state index in [0.717, 1.165) is 11.6 Å². The van der Waals surface area contributed by atoms with E-state index in [1.54, 1.807) is 24.3 Å². The zero-order chi connectivity index (χ0) is 24.3. The van der Waals surface area contributed by atoms with Crippen molar-refractivity contribution in [2.45, 2.75) is 57.1 Å². The van der Waals surface area contributed by atoms with Gasteiger partial charge < -0.3 is 15.6 Å². The molecular formula is C24H31F3N2O2S. The number of hydrogen-bond acceptors (Lipinski definition) is 5. The van der Waals surface area contributed by atoms with Crippen molar-refractivity contribution in [3.63, 3.8) is 0 Å². The lowest BCUT2D eigenvalue weighted by atomic mass is 9.88. The zero-order valence-electron chi connectivity index (χ0n) is 19.0. The molecule has 8 heteroatoms. The smallest absolute Gasteiger partial charge is 0.301 e. The molecule has 0 aliphatic carbocycles. The van der Waals surface area contributed by atoms with Gasteiger partial charge in [-0.25, -0.2) is 13.2 Å². The van der Waals surface area contributed by atoms with E-state index in [4.69, 9.17) is 15.6 Å². The average Bonchev–Trinajstić information content (AvgIpc) is 2.78. The van der Waals surface area contributed by atoms with Crippen LogP contribution in [0.25, 0.3) is 11.1 Å². The van der Waals surface area contributed by atoms with Crippen LogP contribution in [0.15, 0.2) is 52.4 Å². The second-order valence-electron chi connectivity index (χ2n) is 9.45. The molecule has 1 unspecified atom stereocenters. The van der Waals surface area contributed by atoms with Crippen LogP contribution < -0.4 is 5.73 Å². The predicted molar refractivity (Wildman–Crippen MR) is 125 cm³/mol. The first-order valence-corrected chi connectivity index (χ1v) is 10.7. The van der Waals surface area contributed by atoms with E-state index in [0.29, 0.717) is 10.5 Å². The summed E-state index contributed by atoms with van der Waals surface area (Å²) >= 11 is 4.28. The van der Waals surface area contributed by atoms with Crippen molar-refractivity contribution in [3.8, 4) is 11.1 Å². The van der Waals surface area contributed by atoms with Crippen LogP contribution in [0.3, 0.4) is 0 Å². The monoisotopic (exact) mass is 468 g/mol. The molecule has 0 saturated carbocycles. The summed E-state index contributed by atoms with van der Waals surface area (Å²) in [6.07, 6.45) is 0. The Balaban J connectivity index is 0.000000534. The van der Waals surface area contributed by atoms with Crippen molar-refractivity contribution >= 4 is 18.5 Å². The first-order chi connectivity index (χ1) is 14.7. The molecule has 32 heavy (non-hydrogen) atoms. The number of rotatable bonds is 2. The Morgan fingerprint density at radius 2 is 1.75 bits per heavy atom. The van der Waals surface area contributed by atoms with E-state index in [9.17, 15) is 4.39 Å². The van der Waals surface area contributed by atoms with Gasteiger partial charge in [0, 0.05) is 17.1 Å². The summed E-state index contributed by atoms with van der Waals surface area (Å²) in [5.41, 5.74) is 5.03. The molecule has 1 heterocycles. The van der Waals surface area contributed by atoms with Crippen molar-refractivity contribution in [1.29, 1.82) is 0 Å². The minimum atomic E-state index is -3.46. The van der Waals surface area contributed by atoms with Gasteiger partial charge in [-0.1, -0.05) is 39.0 Å². The first kappa shape index (κ1) is 26.2. The summed E-state index contributed by atoms with van der Waals surface area (Å²) in [6.45, 7) is 8.52. The van der Waals surface area contributed by atoms with Crippen molar-refractivity contribution in [2.75, 3.05) is 13.2 Å². The summed E-state index contributed by atoms with van der Waals surface area (Å²) in [6, 6.07) is 9.45. The van der Waals surface area contributed by atoms with Crippen molar-refractivity contribution in [3.05, 3.63) is 53.8 Å². The standard InChI is InChI=1S/C19H19F3N2OS.C5H12O/c1-18(2)19(21,22)17(24-16(23)10-25-18)14-9-12(6-7-15(14)20)11-4-3-5-13(26)8-11;1-5(2,3)4-6/h3-9,17,26H,10H2,1-2H3,(H2,23,24);6H,4H2,1-3H3. The van der Waals surface area contributed by atoms with Crippen molar-refractivity contribution in [2.24, 2.45) is 16.1 Å². The normalized spacial score (nSPS) is 19.9. The quantitative estimate of drug-likeness (QED) is 0.499. The predicted octanol–water partition coefficient (Wildman–Crippen LogP) is 5.65. The number of halogens is 3. The molecule has 0 spiro atoms. The Hall–Kier alpha value is -2.03. The van der Waals surface area contributed by atoms with E-state index in [1.807, 2.05) is 20.8 Å². The number of aliphatic imine (C=N–C) groups is 1. The number of benzene rings is 2. The van der Waals surface area contributed by atoms with Gasteiger partial charge in [0.25, 0.3) is 0 Å². The Morgan fingerprint density at radius 3 is 2.31 bits per heavy atom. The zero-order valence-corrected chi connectivity index (χ0v) is 19.9. The molecule has 0 saturated heterocycles. The summed E-state index contributed by atoms with van der Waals surface area (Å²) in [5.74, 6) is -4.32. The number of nitrogens with zero attached hydrogens (tertiary/aromatic N) is 1. The van der Waals surface area contributed by atoms with Crippen LogP contribution in [-0.4, -0.2) is 35.7 Å². The summed E-state index contributed by atoms with van der Waals surface area (Å²) in [4.78, 5) is 4.59. The number of ether oxygens (including phenoxy) is 1. The second-order valence-corrected chi connectivity index (χ2v) is 9.97. The highest BCUT2D eigenvalue weighted by molar-refractivity contribution is 7.80. The lowest BCUT2D eigenvalue weighted by molar-refractivity contribution is -0.191. The number of aliphatic hydroxyl groups excluding tert-OH is 1. The van der Waals surface area contributed by atoms with Gasteiger partial charge in [0.1, 0.15) is 29.9 Å². The van der Waals surface area contributed by atoms with Gasteiger partial charge in [0.15, 0.2) is 0 Å². The van der Waals surface area contributed by atoms with Gasteiger partial charge in [-0.15, -0.1) is 12.6 Å². The van der Waals surface area contributed by atoms with E-state index >= 15 is 8.78 Å². The minimum Gasteiger partial charge on any atom is -0.396 e. The summed E-state index contributed by atoms with van der Waals surface area (Å²) in [5, 5.41) is 8.40. The molecule has 0 amide bonds. The van der Waals surface area contributed by atoms with Crippen LogP contribution >= 0.6 is 12.6 Å². The number of nitrogens with two attached hydrogens (primary N) is 1. The van der Waals surface area contributed by atoms with Gasteiger partial charge in [-0.3, -0.25) is 4.99 Å². The van der Waals surface area contributed by atoms with Gasteiger partial charge in [-0.05, 0) is 54.7 Å². The third kappa shape index (κ3) is 6.27. The molecule has 0 fully saturated rings. The van der Waals surface area contributed by atoms with Crippen LogP contribution in [-0.2, 0) is 4.74 Å². The SMILES string of the molecule is CC(C)(C)CO.CC1(C)OCC(N)=NC(c2cc(-c3cccc(S)c3)ccc2F)C1(F)F. The maximum atomic E-state index is 15.1. The lowest BCUT2D eigenvalue weighted by Gasteiger charge is -2.35. The Morgan fingerprint density at radius 1 is 1.16 bits per heavy atom. The fraction of sp³-hybridized carbons (Fsp3) is 0.458. The summed E-state index contributed by atoms with van der Waals surface area (Å²) in [7, 11) is 0. The third-order valence-electron chi connectivity index (χ3n) is 4.97. The highest BCUT2D eigenvalue weighted by Crippen LogP contribution is 2.46. The van der Waals surface area contributed by atoms with Gasteiger partial charge in [-0.2, -0.15) is 0 Å². The highest BCUT2D eigenvalue weighted by atomic mass is 32.1. The van der Waals surface area contributed by atoms with Gasteiger partial charge in [0.2, 0.25) is 0 Å². The minimum absolute atomic E-state index is 0.0950. The number of alkyl halides is 2. The highest BCUT2D eigenvalue weighted by Gasteiger charge is 2.56. The van der Waals surface area contributed by atoms with Crippen LogP contribution in [0.2, 0.25) is 0 Å². The Labute approximate surface area is 193 Å². The van der Waals surface area contributed by atoms with Gasteiger partial charge in [0.05, 0.1) is 0 Å². The Kier molecular flexibility index (Phi) is 8.07. The molecule has 2 aromatic rings. The molecule has 4 nitrogen and oxygen atoms in total. The largest absolute Gasteiger partial charge is 0.396 e. The van der Waals surface area contributed by atoms with Gasteiger partial charge >= 0.3 is 5.92 Å². The van der Waals surface area contributed by atoms with E-state index < -0.39 is 23.4 Å². The van der Waals surface area contributed by atoms with Crippen molar-refractivity contribution in [1.82, 2.24) is 0 Å². The molecule has 2 aromatic carbocycles. The average molecular weight is 469 g/mol. The maximum absolute atomic E-state index is 15.1. The van der Waals surface area contributed by atoms with Crippen molar-refractivity contribution < 1.29 is 23.0 Å². The molecule has 0 bridgehead atoms. The number of hydrogen-bond donors (Lipinski definition) is 3. The molecule has 3 N–H and O–H groups in total. The Bertz CT molecular complexity index is 972. The first-order valence-electron chi connectivity index (χ1n) is 10.2. The fourth-order valence-electron chi connectivity index (χ4n) is 2.85. The van der Waals surface area contributed by atoms with Crippen LogP contribution in [0.4, 0.5) is 13.2 Å². The molecule has 1 atom stereocenters. The second kappa shape index (κ2) is 9.85. The molecule has 176 valence electrons. The van der Waals surface area contributed by atoms with Crippen LogP contribution in [0.5, 0.6) is 0 Å². The molecule has 1 aliphatic heterocycles. The molecule has 1 aliphatic rings. The molecule has 0 aromatic heterocycles. The number of thiol groups is 1. The van der Waals surface area contributed by atoms with Crippen LogP contribution in [0, 0.1) is 11.2 Å².